The van der Waals surface area contributed by atoms with E-state index in [1.54, 1.807) is 0 Å². The molecule has 2 atom stereocenters. The molecule has 0 heterocycles. The van der Waals surface area contributed by atoms with Crippen molar-refractivity contribution in [3.05, 3.63) is 30.3 Å². The number of unbranched alkanes of at least 4 members (excludes halogenated alkanes) is 1. The number of ether oxygens (including phenoxy) is 1. The lowest BCUT2D eigenvalue weighted by Gasteiger charge is -2.17. The second kappa shape index (κ2) is 10.4. The van der Waals surface area contributed by atoms with E-state index in [-0.39, 0.29) is 0 Å². The molecule has 23 heavy (non-hydrogen) atoms. The Balaban J connectivity index is 1.54. The van der Waals surface area contributed by atoms with Crippen LogP contribution >= 0.6 is 11.8 Å². The molecule has 0 spiro atoms. The van der Waals surface area contributed by atoms with Crippen molar-refractivity contribution in [2.45, 2.75) is 43.4 Å². The fourth-order valence-electron chi connectivity index (χ4n) is 2.81. The highest BCUT2D eigenvalue weighted by Crippen LogP contribution is 2.27. The van der Waals surface area contributed by atoms with Crippen LogP contribution in [0.2, 0.25) is 0 Å². The molecule has 128 valence electrons. The molecule has 1 aliphatic rings. The van der Waals surface area contributed by atoms with Gasteiger partial charge < -0.3 is 15.4 Å². The summed E-state index contributed by atoms with van der Waals surface area (Å²) in [6.45, 7) is 1.69. The predicted molar refractivity (Wildman–Crippen MR) is 101 cm³/mol. The lowest BCUT2D eigenvalue weighted by atomic mass is 10.2. The van der Waals surface area contributed by atoms with Gasteiger partial charge in [-0.3, -0.25) is 4.99 Å². The zero-order valence-corrected chi connectivity index (χ0v) is 15.1. The fourth-order valence-corrected chi connectivity index (χ4v) is 3.61. The van der Waals surface area contributed by atoms with Gasteiger partial charge in [-0.05, 0) is 50.5 Å². The molecule has 2 N–H and O–H groups in total. The maximum absolute atomic E-state index is 5.70. The first-order valence-corrected chi connectivity index (χ1v) is 9.78. The number of rotatable bonds is 8. The minimum absolute atomic E-state index is 0.570. The molecule has 0 aromatic heterocycles. The van der Waals surface area contributed by atoms with E-state index in [1.165, 1.54) is 19.3 Å². The summed E-state index contributed by atoms with van der Waals surface area (Å²) >= 11 is 1.98. The maximum Gasteiger partial charge on any atom is 0.191 e. The Hall–Kier alpha value is -1.36. The van der Waals surface area contributed by atoms with E-state index < -0.39 is 0 Å². The molecule has 0 bridgehead atoms. The van der Waals surface area contributed by atoms with Gasteiger partial charge in [-0.2, -0.15) is 11.8 Å². The Morgan fingerprint density at radius 2 is 2.09 bits per heavy atom. The molecular weight excluding hydrogens is 306 g/mol. The van der Waals surface area contributed by atoms with Crippen LogP contribution in [0.3, 0.4) is 0 Å². The Labute approximate surface area is 144 Å². The smallest absolute Gasteiger partial charge is 0.191 e. The largest absolute Gasteiger partial charge is 0.494 e. The predicted octanol–water partition coefficient (Wildman–Crippen LogP) is 3.29. The Morgan fingerprint density at radius 3 is 2.78 bits per heavy atom. The van der Waals surface area contributed by atoms with Crippen LogP contribution in [-0.2, 0) is 0 Å². The normalized spacial score (nSPS) is 21.2. The van der Waals surface area contributed by atoms with Crippen molar-refractivity contribution in [1.82, 2.24) is 10.6 Å². The third-order valence-electron chi connectivity index (χ3n) is 4.16. The van der Waals surface area contributed by atoms with Crippen molar-refractivity contribution in [1.29, 1.82) is 0 Å². The number of hydrogen-bond acceptors (Lipinski definition) is 3. The molecule has 1 fully saturated rings. The van der Waals surface area contributed by atoms with Crippen LogP contribution < -0.4 is 15.4 Å². The van der Waals surface area contributed by atoms with Gasteiger partial charge in [0.1, 0.15) is 5.75 Å². The molecule has 0 aliphatic heterocycles. The van der Waals surface area contributed by atoms with E-state index in [2.05, 4.69) is 21.9 Å². The molecule has 4 nitrogen and oxygen atoms in total. The van der Waals surface area contributed by atoms with Gasteiger partial charge in [-0.15, -0.1) is 0 Å². The van der Waals surface area contributed by atoms with Crippen LogP contribution in [-0.4, -0.2) is 43.7 Å². The molecule has 1 aliphatic carbocycles. The molecular formula is C18H29N3OS. The van der Waals surface area contributed by atoms with Crippen molar-refractivity contribution in [3.8, 4) is 5.75 Å². The van der Waals surface area contributed by atoms with E-state index in [0.717, 1.165) is 43.0 Å². The molecule has 0 radical (unpaired) electrons. The SMILES string of the molecule is CN=C(NCCCCOc1ccccc1)NC1CCC(SC)C1. The molecule has 1 aromatic rings. The van der Waals surface area contributed by atoms with Gasteiger partial charge in [0.2, 0.25) is 0 Å². The molecule has 0 amide bonds. The summed E-state index contributed by atoms with van der Waals surface area (Å²) in [5, 5.41) is 7.75. The second-order valence-electron chi connectivity index (χ2n) is 5.88. The summed E-state index contributed by atoms with van der Waals surface area (Å²) in [5.74, 6) is 1.88. The van der Waals surface area contributed by atoms with Crippen molar-refractivity contribution in [2.24, 2.45) is 4.99 Å². The number of guanidine groups is 1. The topological polar surface area (TPSA) is 45.7 Å². The standard InChI is InChI=1S/C18H29N3OS/c1-19-18(21-15-10-11-17(14-15)23-2)20-12-6-7-13-22-16-8-4-3-5-9-16/h3-5,8-9,15,17H,6-7,10-14H2,1-2H3,(H2,19,20,21). The van der Waals surface area contributed by atoms with Crippen molar-refractivity contribution >= 4 is 17.7 Å². The van der Waals surface area contributed by atoms with Gasteiger partial charge >= 0.3 is 0 Å². The van der Waals surface area contributed by atoms with Crippen LogP contribution in [0.1, 0.15) is 32.1 Å². The van der Waals surface area contributed by atoms with Crippen molar-refractivity contribution in [3.63, 3.8) is 0 Å². The van der Waals surface area contributed by atoms with E-state index >= 15 is 0 Å². The minimum Gasteiger partial charge on any atom is -0.494 e. The molecule has 0 saturated heterocycles. The highest BCUT2D eigenvalue weighted by atomic mass is 32.2. The number of hydrogen-bond donors (Lipinski definition) is 2. The zero-order valence-electron chi connectivity index (χ0n) is 14.3. The lowest BCUT2D eigenvalue weighted by molar-refractivity contribution is 0.307. The highest BCUT2D eigenvalue weighted by molar-refractivity contribution is 7.99. The summed E-state index contributed by atoms with van der Waals surface area (Å²) < 4.78 is 5.70. The number of benzene rings is 1. The molecule has 1 saturated carbocycles. The average Bonchev–Trinajstić information content (AvgIpc) is 3.05. The number of aliphatic imine (C=N–C) groups is 1. The first-order valence-electron chi connectivity index (χ1n) is 8.49. The summed E-state index contributed by atoms with van der Waals surface area (Å²) in [6, 6.07) is 10.6. The van der Waals surface area contributed by atoms with E-state index in [1.807, 2.05) is 49.1 Å². The summed E-state index contributed by atoms with van der Waals surface area (Å²) in [6.07, 6.45) is 8.12. The van der Waals surface area contributed by atoms with E-state index in [4.69, 9.17) is 4.74 Å². The Morgan fingerprint density at radius 1 is 1.26 bits per heavy atom. The fraction of sp³-hybridized carbons (Fsp3) is 0.611. The van der Waals surface area contributed by atoms with Gasteiger partial charge in [0.15, 0.2) is 5.96 Å². The summed E-state index contributed by atoms with van der Waals surface area (Å²) in [5.41, 5.74) is 0. The summed E-state index contributed by atoms with van der Waals surface area (Å²) in [4.78, 5) is 4.32. The van der Waals surface area contributed by atoms with Crippen LogP contribution in [0.15, 0.2) is 35.3 Å². The molecule has 1 aromatic carbocycles. The number of nitrogens with one attached hydrogen (secondary N) is 2. The lowest BCUT2D eigenvalue weighted by Crippen LogP contribution is -2.42. The number of nitrogens with zero attached hydrogens (tertiary/aromatic N) is 1. The van der Waals surface area contributed by atoms with Crippen LogP contribution in [0.4, 0.5) is 0 Å². The van der Waals surface area contributed by atoms with E-state index in [9.17, 15) is 0 Å². The minimum atomic E-state index is 0.570. The zero-order chi connectivity index (χ0) is 16.3. The van der Waals surface area contributed by atoms with Gasteiger partial charge in [0.25, 0.3) is 0 Å². The first-order chi connectivity index (χ1) is 11.3. The highest BCUT2D eigenvalue weighted by Gasteiger charge is 2.24. The molecule has 5 heteroatoms. The van der Waals surface area contributed by atoms with Gasteiger partial charge in [-0.1, -0.05) is 18.2 Å². The number of thioether (sulfide) groups is 1. The van der Waals surface area contributed by atoms with E-state index in [0.29, 0.717) is 6.04 Å². The van der Waals surface area contributed by atoms with Gasteiger partial charge in [-0.25, -0.2) is 0 Å². The number of para-hydroxylation sites is 1. The van der Waals surface area contributed by atoms with Crippen LogP contribution in [0.5, 0.6) is 5.75 Å². The Bertz CT molecular complexity index is 467. The Kier molecular flexibility index (Phi) is 8.15. The van der Waals surface area contributed by atoms with Crippen LogP contribution in [0.25, 0.3) is 0 Å². The van der Waals surface area contributed by atoms with Gasteiger partial charge in [0.05, 0.1) is 6.61 Å². The second-order valence-corrected chi connectivity index (χ2v) is 7.02. The first kappa shape index (κ1) is 18.0. The molecule has 2 unspecified atom stereocenters. The maximum atomic E-state index is 5.70. The third kappa shape index (κ3) is 6.73. The van der Waals surface area contributed by atoms with Gasteiger partial charge in [0, 0.05) is 24.9 Å². The quantitative estimate of drug-likeness (QED) is 0.435. The van der Waals surface area contributed by atoms with Crippen LogP contribution in [0, 0.1) is 0 Å². The third-order valence-corrected chi connectivity index (χ3v) is 5.25. The van der Waals surface area contributed by atoms with Crippen molar-refractivity contribution < 1.29 is 4.74 Å². The molecule has 2 rings (SSSR count). The summed E-state index contributed by atoms with van der Waals surface area (Å²) in [7, 11) is 1.84. The monoisotopic (exact) mass is 335 g/mol. The van der Waals surface area contributed by atoms with Crippen molar-refractivity contribution in [2.75, 3.05) is 26.5 Å². The average molecular weight is 336 g/mol.